The number of hydrogen-bond acceptors (Lipinski definition) is 6. The molecule has 0 saturated carbocycles. The Morgan fingerprint density at radius 3 is 2.93 bits per heavy atom. The largest absolute Gasteiger partial charge is 0.495 e. The van der Waals surface area contributed by atoms with Gasteiger partial charge in [-0.15, -0.1) is 16.4 Å². The highest BCUT2D eigenvalue weighted by atomic mass is 32.1. The van der Waals surface area contributed by atoms with Crippen LogP contribution in [-0.4, -0.2) is 50.7 Å². The fourth-order valence-electron chi connectivity index (χ4n) is 3.61. The van der Waals surface area contributed by atoms with Crippen molar-refractivity contribution in [1.82, 2.24) is 19.2 Å². The third kappa shape index (κ3) is 3.77. The van der Waals surface area contributed by atoms with Gasteiger partial charge >= 0.3 is 0 Å². The van der Waals surface area contributed by atoms with Crippen LogP contribution in [-0.2, 0) is 6.67 Å². The molecule has 6 nitrogen and oxygen atoms in total. The lowest BCUT2D eigenvalue weighted by Crippen LogP contribution is -2.39. The van der Waals surface area contributed by atoms with Gasteiger partial charge in [-0.2, -0.15) is 0 Å². The zero-order chi connectivity index (χ0) is 19.7. The van der Waals surface area contributed by atoms with Gasteiger partial charge in [0.15, 0.2) is 5.82 Å². The third-order valence-corrected chi connectivity index (χ3v) is 6.23. The van der Waals surface area contributed by atoms with Crippen molar-refractivity contribution in [3.63, 3.8) is 0 Å². The van der Waals surface area contributed by atoms with Gasteiger partial charge in [-0.3, -0.25) is 9.47 Å². The van der Waals surface area contributed by atoms with Gasteiger partial charge in [0.2, 0.25) is 4.77 Å². The van der Waals surface area contributed by atoms with Crippen molar-refractivity contribution in [2.24, 2.45) is 0 Å². The number of benzene rings is 1. The Hall–Kier alpha value is -2.00. The first-order valence-electron chi connectivity index (χ1n) is 9.36. The molecule has 0 amide bonds. The summed E-state index contributed by atoms with van der Waals surface area (Å²) in [6, 6.07) is 10.1. The SMILES string of the molecule is COc1ccc(C)cc1-n1c(-c2cccs2)nn(CN2CCC[C@@H](O)C2)c1=S. The van der Waals surface area contributed by atoms with E-state index in [1.165, 1.54) is 0 Å². The maximum atomic E-state index is 10.00. The van der Waals surface area contributed by atoms with Crippen molar-refractivity contribution in [1.29, 1.82) is 0 Å². The van der Waals surface area contributed by atoms with E-state index in [-0.39, 0.29) is 6.10 Å². The zero-order valence-corrected chi connectivity index (χ0v) is 17.7. The number of aromatic nitrogens is 3. The summed E-state index contributed by atoms with van der Waals surface area (Å²) in [5.74, 6) is 1.56. The summed E-state index contributed by atoms with van der Waals surface area (Å²) < 4.78 is 10.1. The van der Waals surface area contributed by atoms with Crippen LogP contribution in [0, 0.1) is 11.7 Å². The molecule has 148 valence electrons. The summed E-state index contributed by atoms with van der Waals surface area (Å²) in [5.41, 5.74) is 2.02. The molecule has 1 saturated heterocycles. The van der Waals surface area contributed by atoms with E-state index in [2.05, 4.69) is 24.0 Å². The third-order valence-electron chi connectivity index (χ3n) is 4.97. The van der Waals surface area contributed by atoms with E-state index >= 15 is 0 Å². The molecule has 1 fully saturated rings. The number of piperidine rings is 1. The molecule has 2 aromatic heterocycles. The highest BCUT2D eigenvalue weighted by Gasteiger charge is 2.22. The lowest BCUT2D eigenvalue weighted by atomic mass is 10.1. The number of aliphatic hydroxyl groups is 1. The Labute approximate surface area is 173 Å². The van der Waals surface area contributed by atoms with Crippen LogP contribution in [0.1, 0.15) is 18.4 Å². The molecule has 1 N–H and O–H groups in total. The van der Waals surface area contributed by atoms with Gasteiger partial charge in [0, 0.05) is 13.1 Å². The minimum atomic E-state index is -0.279. The summed E-state index contributed by atoms with van der Waals surface area (Å²) in [4.78, 5) is 3.25. The van der Waals surface area contributed by atoms with Gasteiger partial charge in [-0.25, -0.2) is 4.68 Å². The van der Waals surface area contributed by atoms with Crippen molar-refractivity contribution in [3.8, 4) is 22.1 Å². The second-order valence-electron chi connectivity index (χ2n) is 7.11. The van der Waals surface area contributed by atoms with Crippen molar-refractivity contribution in [2.75, 3.05) is 20.2 Å². The molecule has 1 atom stereocenters. The number of β-amino-alcohol motifs (C(OH)–C–C–N with tert-alkyl or cyclic N) is 1. The lowest BCUT2D eigenvalue weighted by molar-refractivity contribution is 0.0513. The Bertz CT molecular complexity index is 1010. The summed E-state index contributed by atoms with van der Waals surface area (Å²) in [6.07, 6.45) is 1.56. The molecule has 1 aromatic carbocycles. The van der Waals surface area contributed by atoms with Crippen LogP contribution >= 0.6 is 23.6 Å². The van der Waals surface area contributed by atoms with E-state index in [4.69, 9.17) is 22.1 Å². The van der Waals surface area contributed by atoms with Crippen molar-refractivity contribution < 1.29 is 9.84 Å². The van der Waals surface area contributed by atoms with E-state index in [1.807, 2.05) is 32.8 Å². The number of aliphatic hydroxyl groups excluding tert-OH is 1. The van der Waals surface area contributed by atoms with Crippen molar-refractivity contribution in [2.45, 2.75) is 32.5 Å². The number of aryl methyl sites for hydroxylation is 1. The molecule has 28 heavy (non-hydrogen) atoms. The van der Waals surface area contributed by atoms with E-state index in [0.29, 0.717) is 18.0 Å². The average Bonchev–Trinajstić information content (AvgIpc) is 3.30. The Morgan fingerprint density at radius 1 is 1.36 bits per heavy atom. The zero-order valence-electron chi connectivity index (χ0n) is 16.0. The van der Waals surface area contributed by atoms with Crippen molar-refractivity contribution in [3.05, 3.63) is 46.0 Å². The topological polar surface area (TPSA) is 55.5 Å². The number of rotatable bonds is 5. The Kier molecular flexibility index (Phi) is 5.63. The molecule has 0 spiro atoms. The second kappa shape index (κ2) is 8.16. The molecule has 3 heterocycles. The molecule has 0 aliphatic carbocycles. The number of methoxy groups -OCH3 is 1. The predicted molar refractivity (Wildman–Crippen MR) is 114 cm³/mol. The average molecular weight is 417 g/mol. The van der Waals surface area contributed by atoms with Gasteiger partial charge in [0.05, 0.1) is 30.4 Å². The maximum Gasteiger partial charge on any atom is 0.204 e. The predicted octanol–water partition coefficient (Wildman–Crippen LogP) is 3.86. The van der Waals surface area contributed by atoms with Crippen LogP contribution in [0.3, 0.4) is 0 Å². The standard InChI is InChI=1S/C20H24N4O2S2/c1-14-7-8-17(26-2)16(11-14)24-19(18-6-4-10-28-18)21-23(20(24)27)13-22-9-3-5-15(25)12-22/h4,6-8,10-11,15,25H,3,5,9,12-13H2,1-2H3/t15-/m1/s1. The maximum absolute atomic E-state index is 10.00. The lowest BCUT2D eigenvalue weighted by Gasteiger charge is -2.29. The van der Waals surface area contributed by atoms with E-state index in [0.717, 1.165) is 47.1 Å². The molecule has 0 bridgehead atoms. The molecular weight excluding hydrogens is 392 g/mol. The highest BCUT2D eigenvalue weighted by Crippen LogP contribution is 2.31. The number of nitrogens with zero attached hydrogens (tertiary/aromatic N) is 4. The molecule has 4 rings (SSSR count). The van der Waals surface area contributed by atoms with Crippen molar-refractivity contribution >= 4 is 23.6 Å². The first kappa shape index (κ1) is 19.3. The van der Waals surface area contributed by atoms with Gasteiger partial charge in [0.1, 0.15) is 5.75 Å². The van der Waals surface area contributed by atoms with Crippen LogP contribution in [0.5, 0.6) is 5.75 Å². The van der Waals surface area contributed by atoms with Crippen LogP contribution in [0.15, 0.2) is 35.7 Å². The van der Waals surface area contributed by atoms with Gasteiger partial charge < -0.3 is 9.84 Å². The van der Waals surface area contributed by atoms with Crippen LogP contribution in [0.4, 0.5) is 0 Å². The molecule has 0 radical (unpaired) electrons. The molecule has 8 heteroatoms. The molecule has 1 aliphatic heterocycles. The number of thiophene rings is 1. The normalized spacial score (nSPS) is 17.8. The highest BCUT2D eigenvalue weighted by molar-refractivity contribution is 7.71. The number of ether oxygens (including phenoxy) is 1. The molecular formula is C20H24N4O2S2. The number of hydrogen-bond donors (Lipinski definition) is 1. The summed E-state index contributed by atoms with van der Waals surface area (Å²) in [5, 5.41) is 16.9. The summed E-state index contributed by atoms with van der Waals surface area (Å²) in [7, 11) is 1.67. The minimum absolute atomic E-state index is 0.279. The van der Waals surface area contributed by atoms with E-state index in [1.54, 1.807) is 18.4 Å². The Morgan fingerprint density at radius 2 is 2.21 bits per heavy atom. The molecule has 0 unspecified atom stereocenters. The quantitative estimate of drug-likeness (QED) is 0.640. The second-order valence-corrected chi connectivity index (χ2v) is 8.42. The minimum Gasteiger partial charge on any atom is -0.495 e. The fourth-order valence-corrected chi connectivity index (χ4v) is 4.59. The van der Waals surface area contributed by atoms with Crippen LogP contribution in [0.25, 0.3) is 16.4 Å². The van der Waals surface area contributed by atoms with Crippen LogP contribution < -0.4 is 4.74 Å². The Balaban J connectivity index is 1.82. The van der Waals surface area contributed by atoms with Gasteiger partial charge in [-0.05, 0) is 61.1 Å². The van der Waals surface area contributed by atoms with Gasteiger partial charge in [0.25, 0.3) is 0 Å². The number of likely N-dealkylation sites (tertiary alicyclic amines) is 1. The fraction of sp³-hybridized carbons (Fsp3) is 0.400. The molecule has 1 aliphatic rings. The monoisotopic (exact) mass is 416 g/mol. The first-order valence-corrected chi connectivity index (χ1v) is 10.6. The summed E-state index contributed by atoms with van der Waals surface area (Å²) >= 11 is 7.47. The van der Waals surface area contributed by atoms with Crippen LogP contribution in [0.2, 0.25) is 0 Å². The molecule has 3 aromatic rings. The van der Waals surface area contributed by atoms with Gasteiger partial charge in [-0.1, -0.05) is 12.1 Å². The van der Waals surface area contributed by atoms with E-state index in [9.17, 15) is 5.11 Å². The van der Waals surface area contributed by atoms with E-state index < -0.39 is 0 Å². The smallest absolute Gasteiger partial charge is 0.204 e. The first-order chi connectivity index (χ1) is 13.6. The summed E-state index contributed by atoms with van der Waals surface area (Å²) in [6.45, 7) is 4.21.